The molecule has 28 heavy (non-hydrogen) atoms. The Labute approximate surface area is 172 Å². The van der Waals surface area contributed by atoms with E-state index < -0.39 is 10.0 Å². The second-order valence-electron chi connectivity index (χ2n) is 6.83. The summed E-state index contributed by atoms with van der Waals surface area (Å²) >= 11 is 6.12. The Bertz CT molecular complexity index is 958. The Balaban J connectivity index is 1.90. The molecule has 3 rings (SSSR count). The molecule has 5 nitrogen and oxygen atoms in total. The van der Waals surface area contributed by atoms with Crippen LogP contribution in [0.3, 0.4) is 0 Å². The summed E-state index contributed by atoms with van der Waals surface area (Å²) in [7, 11) is -3.61. The van der Waals surface area contributed by atoms with Crippen molar-refractivity contribution in [3.8, 4) is 0 Å². The molecule has 1 aliphatic heterocycles. The Kier molecular flexibility index (Phi) is 6.43. The third kappa shape index (κ3) is 4.09. The highest BCUT2D eigenvalue weighted by Gasteiger charge is 2.31. The molecule has 0 N–H and O–H groups in total. The number of rotatable bonds is 6. The molecule has 2 aromatic carbocycles. The van der Waals surface area contributed by atoms with E-state index >= 15 is 0 Å². The van der Waals surface area contributed by atoms with E-state index in [4.69, 9.17) is 11.6 Å². The second-order valence-corrected chi connectivity index (χ2v) is 9.20. The lowest BCUT2D eigenvalue weighted by Crippen LogP contribution is -2.32. The fourth-order valence-electron chi connectivity index (χ4n) is 3.74. The van der Waals surface area contributed by atoms with Gasteiger partial charge < -0.3 is 4.90 Å². The number of nitrogens with zero attached hydrogens (tertiary/aromatic N) is 2. The number of halogens is 1. The number of hydrogen-bond donors (Lipinski definition) is 0. The van der Waals surface area contributed by atoms with Gasteiger partial charge in [-0.2, -0.15) is 4.31 Å². The molecular weight excluding hydrogens is 396 g/mol. The molecule has 0 radical (unpaired) electrons. The van der Waals surface area contributed by atoms with E-state index in [0.29, 0.717) is 30.2 Å². The molecule has 0 bridgehead atoms. The summed E-state index contributed by atoms with van der Waals surface area (Å²) < 4.78 is 27.0. The lowest BCUT2D eigenvalue weighted by atomic mass is 10.0. The molecule has 2 aromatic rings. The summed E-state index contributed by atoms with van der Waals surface area (Å²) in [6.07, 6.45) is 1.77. The van der Waals surface area contributed by atoms with Gasteiger partial charge in [-0.3, -0.25) is 4.79 Å². The van der Waals surface area contributed by atoms with Crippen LogP contribution in [-0.4, -0.2) is 43.2 Å². The number of carbonyl (C=O) groups is 1. The van der Waals surface area contributed by atoms with E-state index in [-0.39, 0.29) is 16.8 Å². The Hall–Kier alpha value is -1.89. The number of likely N-dealkylation sites (tertiary alicyclic amines) is 1. The fraction of sp³-hybridized carbons (Fsp3) is 0.381. The van der Waals surface area contributed by atoms with Gasteiger partial charge in [0.25, 0.3) is 5.91 Å². The lowest BCUT2D eigenvalue weighted by molar-refractivity contribution is 0.0735. The van der Waals surface area contributed by atoms with Crippen molar-refractivity contribution in [2.24, 2.45) is 0 Å². The molecule has 1 saturated heterocycles. The van der Waals surface area contributed by atoms with Gasteiger partial charge in [0.2, 0.25) is 10.0 Å². The van der Waals surface area contributed by atoms with Gasteiger partial charge in [-0.05, 0) is 48.7 Å². The van der Waals surface area contributed by atoms with E-state index in [1.165, 1.54) is 10.4 Å². The average Bonchev–Trinajstić information content (AvgIpc) is 3.18. The van der Waals surface area contributed by atoms with Gasteiger partial charge in [-0.15, -0.1) is 0 Å². The van der Waals surface area contributed by atoms with Crippen molar-refractivity contribution >= 4 is 27.5 Å². The number of amides is 1. The maximum absolute atomic E-state index is 13.2. The second kappa shape index (κ2) is 8.64. The first-order valence-electron chi connectivity index (χ1n) is 9.55. The van der Waals surface area contributed by atoms with Crippen molar-refractivity contribution in [2.75, 3.05) is 19.6 Å². The molecular formula is C21H25ClN2O3S. The van der Waals surface area contributed by atoms with Crippen molar-refractivity contribution in [1.29, 1.82) is 0 Å². The van der Waals surface area contributed by atoms with Crippen molar-refractivity contribution in [1.82, 2.24) is 9.21 Å². The van der Waals surface area contributed by atoms with E-state index in [9.17, 15) is 13.2 Å². The van der Waals surface area contributed by atoms with Crippen LogP contribution in [0.2, 0.25) is 5.02 Å². The molecule has 1 unspecified atom stereocenters. The maximum Gasteiger partial charge on any atom is 0.254 e. The van der Waals surface area contributed by atoms with Crippen LogP contribution < -0.4 is 0 Å². The zero-order valence-electron chi connectivity index (χ0n) is 16.1. The number of sulfonamides is 1. The Morgan fingerprint density at radius 2 is 1.86 bits per heavy atom. The van der Waals surface area contributed by atoms with Gasteiger partial charge in [0.1, 0.15) is 0 Å². The minimum atomic E-state index is -3.61. The van der Waals surface area contributed by atoms with Gasteiger partial charge in [0.05, 0.1) is 10.9 Å². The van der Waals surface area contributed by atoms with E-state index in [0.717, 1.165) is 18.4 Å². The van der Waals surface area contributed by atoms with E-state index in [1.807, 2.05) is 29.2 Å². The number of benzene rings is 2. The number of carbonyl (C=O) groups excluding carboxylic acids is 1. The number of hydrogen-bond acceptors (Lipinski definition) is 3. The summed E-state index contributed by atoms with van der Waals surface area (Å²) in [5, 5.41) is 0.643. The topological polar surface area (TPSA) is 57.7 Å². The van der Waals surface area contributed by atoms with Crippen LogP contribution in [0.4, 0.5) is 0 Å². The fourth-order valence-corrected chi connectivity index (χ4v) is 5.44. The van der Waals surface area contributed by atoms with Gasteiger partial charge >= 0.3 is 0 Å². The van der Waals surface area contributed by atoms with Crippen LogP contribution in [0, 0.1) is 0 Å². The van der Waals surface area contributed by atoms with Crippen molar-refractivity contribution in [2.45, 2.75) is 37.6 Å². The van der Waals surface area contributed by atoms with E-state index in [2.05, 4.69) is 0 Å². The smallest absolute Gasteiger partial charge is 0.254 e. The first-order valence-corrected chi connectivity index (χ1v) is 11.4. The molecule has 0 spiro atoms. The average molecular weight is 421 g/mol. The highest BCUT2D eigenvalue weighted by molar-refractivity contribution is 7.89. The summed E-state index contributed by atoms with van der Waals surface area (Å²) in [5.74, 6) is -0.154. The third-order valence-electron chi connectivity index (χ3n) is 5.17. The predicted molar refractivity (Wildman–Crippen MR) is 111 cm³/mol. The van der Waals surface area contributed by atoms with Gasteiger partial charge in [0.15, 0.2) is 0 Å². The zero-order valence-corrected chi connectivity index (χ0v) is 17.7. The summed E-state index contributed by atoms with van der Waals surface area (Å²) in [4.78, 5) is 15.2. The van der Waals surface area contributed by atoms with Crippen molar-refractivity contribution in [3.05, 3.63) is 64.7 Å². The van der Waals surface area contributed by atoms with Crippen LogP contribution in [0.25, 0.3) is 0 Å². The highest BCUT2D eigenvalue weighted by Crippen LogP contribution is 2.34. The Morgan fingerprint density at radius 3 is 2.54 bits per heavy atom. The monoisotopic (exact) mass is 420 g/mol. The molecule has 1 atom stereocenters. The first-order chi connectivity index (χ1) is 13.4. The molecule has 0 aliphatic carbocycles. The molecule has 0 saturated carbocycles. The van der Waals surface area contributed by atoms with Crippen LogP contribution in [-0.2, 0) is 10.0 Å². The third-order valence-corrected chi connectivity index (χ3v) is 7.45. The van der Waals surface area contributed by atoms with Crippen LogP contribution >= 0.6 is 11.6 Å². The van der Waals surface area contributed by atoms with Crippen molar-refractivity contribution in [3.63, 3.8) is 0 Å². The molecule has 7 heteroatoms. The predicted octanol–water partition coefficient (Wildman–Crippen LogP) is 4.35. The lowest BCUT2D eigenvalue weighted by Gasteiger charge is -2.26. The van der Waals surface area contributed by atoms with Gasteiger partial charge in [-0.25, -0.2) is 8.42 Å². The summed E-state index contributed by atoms with van der Waals surface area (Å²) in [5.41, 5.74) is 1.40. The van der Waals surface area contributed by atoms with Gasteiger partial charge in [0, 0.05) is 30.2 Å². The Morgan fingerprint density at radius 1 is 1.14 bits per heavy atom. The molecule has 1 amide bonds. The normalized spacial score (nSPS) is 17.3. The van der Waals surface area contributed by atoms with Gasteiger partial charge in [-0.1, -0.05) is 43.6 Å². The minimum Gasteiger partial charge on any atom is -0.332 e. The standard InChI is InChI=1S/C21H25ClN2O3S/c1-3-23(4-2)28(26,27)19-11-6-9-17(15-19)21(25)24-13-7-12-20(24)16-8-5-10-18(22)14-16/h5-6,8-11,14-15,20H,3-4,7,12-13H2,1-2H3. The van der Waals surface area contributed by atoms with Crippen LogP contribution in [0.5, 0.6) is 0 Å². The summed E-state index contributed by atoms with van der Waals surface area (Å²) in [6, 6.07) is 13.9. The summed E-state index contributed by atoms with van der Waals surface area (Å²) in [6.45, 7) is 5.02. The van der Waals surface area contributed by atoms with Crippen LogP contribution in [0.15, 0.2) is 53.4 Å². The molecule has 150 valence electrons. The quantitative estimate of drug-likeness (QED) is 0.698. The van der Waals surface area contributed by atoms with Crippen molar-refractivity contribution < 1.29 is 13.2 Å². The minimum absolute atomic E-state index is 0.0470. The first kappa shape index (κ1) is 20.8. The largest absolute Gasteiger partial charge is 0.332 e. The molecule has 1 fully saturated rings. The SMILES string of the molecule is CCN(CC)S(=O)(=O)c1cccc(C(=O)N2CCCC2c2cccc(Cl)c2)c1. The highest BCUT2D eigenvalue weighted by atomic mass is 35.5. The molecule has 1 aliphatic rings. The molecule has 1 heterocycles. The van der Waals surface area contributed by atoms with Crippen LogP contribution in [0.1, 0.15) is 48.7 Å². The zero-order chi connectivity index (χ0) is 20.3. The van der Waals surface area contributed by atoms with E-state index in [1.54, 1.807) is 32.0 Å². The maximum atomic E-state index is 13.2. The molecule has 0 aromatic heterocycles.